The summed E-state index contributed by atoms with van der Waals surface area (Å²) < 4.78 is 18.7. The zero-order valence-electron chi connectivity index (χ0n) is 14.0. The van der Waals surface area contributed by atoms with Crippen LogP contribution in [0, 0.1) is 5.82 Å². The maximum absolute atomic E-state index is 13.2. The number of fused-ring (bicyclic) bond motifs is 1. The van der Waals surface area contributed by atoms with E-state index in [1.807, 2.05) is 18.2 Å². The van der Waals surface area contributed by atoms with Crippen LogP contribution in [-0.4, -0.2) is 12.0 Å². The Labute approximate surface area is 153 Å². The van der Waals surface area contributed by atoms with Gasteiger partial charge in [0, 0.05) is 11.8 Å². The molecule has 0 aromatic heterocycles. The van der Waals surface area contributed by atoms with Gasteiger partial charge in [0.25, 0.3) is 5.91 Å². The minimum Gasteiger partial charge on any atom is -0.481 e. The quantitative estimate of drug-likeness (QED) is 0.811. The largest absolute Gasteiger partial charge is 0.481 e. The molecule has 0 heterocycles. The van der Waals surface area contributed by atoms with E-state index >= 15 is 0 Å². The van der Waals surface area contributed by atoms with Gasteiger partial charge in [0.15, 0.2) is 6.10 Å². The van der Waals surface area contributed by atoms with E-state index in [9.17, 15) is 9.18 Å². The molecule has 1 aliphatic rings. The normalized spacial score (nSPS) is 17.0. The van der Waals surface area contributed by atoms with Crippen molar-refractivity contribution in [3.8, 4) is 5.75 Å². The van der Waals surface area contributed by atoms with Crippen molar-refractivity contribution in [1.82, 2.24) is 5.32 Å². The number of anilines is 1. The van der Waals surface area contributed by atoms with Gasteiger partial charge in [0.1, 0.15) is 11.6 Å². The Balaban J connectivity index is 0.00000225. The van der Waals surface area contributed by atoms with E-state index in [0.717, 1.165) is 30.5 Å². The number of nitrogens with two attached hydrogens (primary N) is 1. The average Bonchev–Trinajstić information content (AvgIpc) is 2.54. The van der Waals surface area contributed by atoms with Gasteiger partial charge in [0.05, 0.1) is 6.04 Å². The first kappa shape index (κ1) is 19.1. The SMILES string of the molecule is CC(Oc1cccc(F)c1)C(=O)NC1CCCc2cc(N)ccc21.Cl. The fourth-order valence-electron chi connectivity index (χ4n) is 3.07. The van der Waals surface area contributed by atoms with E-state index in [4.69, 9.17) is 10.5 Å². The second-order valence-corrected chi connectivity index (χ2v) is 6.13. The van der Waals surface area contributed by atoms with Gasteiger partial charge in [-0.25, -0.2) is 4.39 Å². The van der Waals surface area contributed by atoms with Gasteiger partial charge in [-0.2, -0.15) is 0 Å². The highest BCUT2D eigenvalue weighted by molar-refractivity contribution is 5.85. The molecular weight excluding hydrogens is 343 g/mol. The van der Waals surface area contributed by atoms with Crippen molar-refractivity contribution in [3.63, 3.8) is 0 Å². The van der Waals surface area contributed by atoms with Crippen LogP contribution >= 0.6 is 12.4 Å². The maximum atomic E-state index is 13.2. The van der Waals surface area contributed by atoms with E-state index in [2.05, 4.69) is 5.32 Å². The second kappa shape index (κ2) is 8.21. The number of hydrogen-bond donors (Lipinski definition) is 2. The molecule has 3 rings (SSSR count). The molecule has 6 heteroatoms. The van der Waals surface area contributed by atoms with Crippen molar-refractivity contribution < 1.29 is 13.9 Å². The lowest BCUT2D eigenvalue weighted by Crippen LogP contribution is -2.39. The lowest BCUT2D eigenvalue weighted by atomic mass is 9.87. The van der Waals surface area contributed by atoms with Gasteiger partial charge >= 0.3 is 0 Å². The molecule has 2 atom stereocenters. The van der Waals surface area contributed by atoms with E-state index in [-0.39, 0.29) is 30.2 Å². The molecule has 0 spiro atoms. The summed E-state index contributed by atoms with van der Waals surface area (Å²) in [5, 5.41) is 3.03. The second-order valence-electron chi connectivity index (χ2n) is 6.13. The van der Waals surface area contributed by atoms with Crippen molar-refractivity contribution in [2.75, 3.05) is 5.73 Å². The highest BCUT2D eigenvalue weighted by Crippen LogP contribution is 2.31. The van der Waals surface area contributed by atoms with Crippen LogP contribution in [0.5, 0.6) is 5.75 Å². The molecule has 0 saturated heterocycles. The summed E-state index contributed by atoms with van der Waals surface area (Å²) in [4.78, 5) is 12.4. The molecule has 134 valence electrons. The molecule has 0 fully saturated rings. The Kier molecular flexibility index (Phi) is 6.26. The first-order valence-electron chi connectivity index (χ1n) is 8.14. The summed E-state index contributed by atoms with van der Waals surface area (Å²) in [7, 11) is 0. The van der Waals surface area contributed by atoms with Crippen molar-refractivity contribution in [2.24, 2.45) is 0 Å². The van der Waals surface area contributed by atoms with Crippen LogP contribution in [-0.2, 0) is 11.2 Å². The third kappa shape index (κ3) is 4.63. The predicted molar refractivity (Wildman–Crippen MR) is 98.4 cm³/mol. The number of ether oxygens (including phenoxy) is 1. The number of carbonyl (C=O) groups excluding carboxylic acids is 1. The van der Waals surface area contributed by atoms with Gasteiger partial charge in [-0.15, -0.1) is 12.4 Å². The standard InChI is InChI=1S/C19H21FN2O2.ClH/c1-12(24-16-6-3-5-14(20)11-16)19(23)22-18-7-2-4-13-10-15(21)8-9-17(13)18;/h3,5-6,8-12,18H,2,4,7,21H2,1H3,(H,22,23);1H. The Morgan fingerprint density at radius 3 is 2.88 bits per heavy atom. The summed E-state index contributed by atoms with van der Waals surface area (Å²) in [5.74, 6) is -0.262. The number of carbonyl (C=O) groups is 1. The molecule has 2 aromatic carbocycles. The molecular formula is C19H22ClFN2O2. The summed E-state index contributed by atoms with van der Waals surface area (Å²) in [6, 6.07) is 11.6. The smallest absolute Gasteiger partial charge is 0.261 e. The Bertz CT molecular complexity index is 754. The van der Waals surface area contributed by atoms with Gasteiger partial charge in [0.2, 0.25) is 0 Å². The molecule has 4 nitrogen and oxygen atoms in total. The number of aryl methyl sites for hydroxylation is 1. The maximum Gasteiger partial charge on any atom is 0.261 e. The molecule has 0 saturated carbocycles. The van der Waals surface area contributed by atoms with Crippen LogP contribution < -0.4 is 15.8 Å². The zero-order chi connectivity index (χ0) is 17.1. The third-order valence-corrected chi connectivity index (χ3v) is 4.28. The van der Waals surface area contributed by atoms with Crippen LogP contribution in [0.4, 0.5) is 10.1 Å². The summed E-state index contributed by atoms with van der Waals surface area (Å²) in [6.07, 6.45) is 2.16. The minimum absolute atomic E-state index is 0. The molecule has 1 amide bonds. The molecule has 2 unspecified atom stereocenters. The number of amides is 1. The number of hydrogen-bond acceptors (Lipinski definition) is 3. The van der Waals surface area contributed by atoms with Crippen LogP contribution in [0.3, 0.4) is 0 Å². The third-order valence-electron chi connectivity index (χ3n) is 4.28. The first-order chi connectivity index (χ1) is 11.5. The first-order valence-corrected chi connectivity index (χ1v) is 8.14. The van der Waals surface area contributed by atoms with E-state index in [1.165, 1.54) is 17.7 Å². The number of nitrogen functional groups attached to an aromatic ring is 1. The van der Waals surface area contributed by atoms with Gasteiger partial charge < -0.3 is 15.8 Å². The highest BCUT2D eigenvalue weighted by Gasteiger charge is 2.24. The Morgan fingerprint density at radius 1 is 1.32 bits per heavy atom. The van der Waals surface area contributed by atoms with Gasteiger partial charge in [-0.3, -0.25) is 4.79 Å². The fourth-order valence-corrected chi connectivity index (χ4v) is 3.07. The highest BCUT2D eigenvalue weighted by atomic mass is 35.5. The van der Waals surface area contributed by atoms with Crippen LogP contribution in [0.2, 0.25) is 0 Å². The van der Waals surface area contributed by atoms with Crippen LogP contribution in [0.1, 0.15) is 36.9 Å². The molecule has 25 heavy (non-hydrogen) atoms. The molecule has 3 N–H and O–H groups in total. The topological polar surface area (TPSA) is 64.3 Å². The van der Waals surface area contributed by atoms with Crippen molar-refractivity contribution in [1.29, 1.82) is 0 Å². The van der Waals surface area contributed by atoms with E-state index in [0.29, 0.717) is 5.75 Å². The number of rotatable bonds is 4. The molecule has 0 aliphatic heterocycles. The fraction of sp³-hybridized carbons (Fsp3) is 0.316. The van der Waals surface area contributed by atoms with Gasteiger partial charge in [-0.05, 0) is 61.6 Å². The van der Waals surface area contributed by atoms with Crippen molar-refractivity contribution >= 4 is 24.0 Å². The average molecular weight is 365 g/mol. The van der Waals surface area contributed by atoms with Crippen LogP contribution in [0.25, 0.3) is 0 Å². The van der Waals surface area contributed by atoms with E-state index < -0.39 is 6.10 Å². The number of nitrogens with one attached hydrogen (secondary N) is 1. The lowest BCUT2D eigenvalue weighted by Gasteiger charge is -2.28. The van der Waals surface area contributed by atoms with Crippen molar-refractivity contribution in [2.45, 2.75) is 38.3 Å². The minimum atomic E-state index is -0.703. The van der Waals surface area contributed by atoms with Gasteiger partial charge in [-0.1, -0.05) is 12.1 Å². The van der Waals surface area contributed by atoms with Crippen LogP contribution in [0.15, 0.2) is 42.5 Å². The molecule has 2 aromatic rings. The number of benzene rings is 2. The Hall–Kier alpha value is -2.27. The monoisotopic (exact) mass is 364 g/mol. The lowest BCUT2D eigenvalue weighted by molar-refractivity contribution is -0.128. The summed E-state index contributed by atoms with van der Waals surface area (Å²) >= 11 is 0. The van der Waals surface area contributed by atoms with Crippen molar-refractivity contribution in [3.05, 3.63) is 59.4 Å². The predicted octanol–water partition coefficient (Wildman–Crippen LogP) is 3.79. The number of halogens is 2. The molecule has 0 bridgehead atoms. The summed E-state index contributed by atoms with van der Waals surface area (Å²) in [6.45, 7) is 1.66. The molecule has 0 radical (unpaired) electrons. The zero-order valence-corrected chi connectivity index (χ0v) is 14.8. The van der Waals surface area contributed by atoms with E-state index in [1.54, 1.807) is 19.1 Å². The summed E-state index contributed by atoms with van der Waals surface area (Å²) in [5.41, 5.74) is 8.87. The Morgan fingerprint density at radius 2 is 2.12 bits per heavy atom. The molecule has 1 aliphatic carbocycles.